The molecule has 2 aromatic rings. The minimum atomic E-state index is 0.677. The van der Waals surface area contributed by atoms with E-state index in [0.29, 0.717) is 6.04 Å². The van der Waals surface area contributed by atoms with Crippen molar-refractivity contribution >= 4 is 16.3 Å². The van der Waals surface area contributed by atoms with Crippen LogP contribution in [0, 0.1) is 11.8 Å². The van der Waals surface area contributed by atoms with Gasteiger partial charge in [-0.05, 0) is 31.1 Å². The molecule has 0 aliphatic heterocycles. The molecule has 1 aliphatic rings. The molecule has 3 unspecified atom stereocenters. The zero-order chi connectivity index (χ0) is 12.5. The van der Waals surface area contributed by atoms with Crippen molar-refractivity contribution in [3.8, 4) is 0 Å². The number of nitrogens with one attached hydrogen (secondary N) is 1. The Balaban J connectivity index is 1.56. The molecule has 1 N–H and O–H groups in total. The number of aromatic nitrogens is 2. The SMILES string of the molecule is CC1CCC(NCc2cn3ccsc3n2)CC1C. The van der Waals surface area contributed by atoms with Crippen LogP contribution in [0.3, 0.4) is 0 Å². The van der Waals surface area contributed by atoms with Crippen LogP contribution in [-0.2, 0) is 6.54 Å². The first-order chi connectivity index (χ1) is 8.72. The summed E-state index contributed by atoms with van der Waals surface area (Å²) in [6, 6.07) is 0.677. The maximum Gasteiger partial charge on any atom is 0.193 e. The van der Waals surface area contributed by atoms with Crippen LogP contribution in [0.25, 0.3) is 4.96 Å². The van der Waals surface area contributed by atoms with Crippen LogP contribution in [-0.4, -0.2) is 15.4 Å². The Kier molecular flexibility index (Phi) is 3.39. The first kappa shape index (κ1) is 12.2. The van der Waals surface area contributed by atoms with Gasteiger partial charge >= 0.3 is 0 Å². The van der Waals surface area contributed by atoms with E-state index in [0.717, 1.165) is 29.0 Å². The van der Waals surface area contributed by atoms with Gasteiger partial charge in [-0.25, -0.2) is 4.98 Å². The van der Waals surface area contributed by atoms with E-state index in [9.17, 15) is 0 Å². The monoisotopic (exact) mass is 263 g/mol. The number of fused-ring (bicyclic) bond motifs is 1. The lowest BCUT2D eigenvalue weighted by molar-refractivity contribution is 0.225. The standard InChI is InChI=1S/C14H21N3S/c1-10-3-4-12(7-11(10)2)15-8-13-9-17-5-6-18-14(17)16-13/h5-6,9-12,15H,3-4,7-8H2,1-2H3. The molecule has 3 rings (SSSR count). The van der Waals surface area contributed by atoms with Gasteiger partial charge in [-0.2, -0.15) is 0 Å². The molecule has 2 heterocycles. The zero-order valence-corrected chi connectivity index (χ0v) is 11.9. The van der Waals surface area contributed by atoms with Crippen LogP contribution in [0.1, 0.15) is 38.8 Å². The van der Waals surface area contributed by atoms with E-state index >= 15 is 0 Å². The molecule has 0 saturated heterocycles. The molecule has 3 nitrogen and oxygen atoms in total. The normalized spacial score (nSPS) is 28.9. The van der Waals surface area contributed by atoms with Gasteiger partial charge in [0, 0.05) is 30.4 Å². The highest BCUT2D eigenvalue weighted by molar-refractivity contribution is 7.15. The van der Waals surface area contributed by atoms with E-state index in [-0.39, 0.29) is 0 Å². The first-order valence-corrected chi connectivity index (χ1v) is 7.75. The Hall–Kier alpha value is -0.870. The fourth-order valence-electron chi connectivity index (χ4n) is 2.84. The van der Waals surface area contributed by atoms with Crippen molar-refractivity contribution in [2.75, 3.05) is 0 Å². The minimum Gasteiger partial charge on any atom is -0.308 e. The van der Waals surface area contributed by atoms with Crippen LogP contribution < -0.4 is 5.32 Å². The summed E-state index contributed by atoms with van der Waals surface area (Å²) < 4.78 is 2.10. The summed E-state index contributed by atoms with van der Waals surface area (Å²) in [6.45, 7) is 5.66. The highest BCUT2D eigenvalue weighted by Crippen LogP contribution is 2.29. The van der Waals surface area contributed by atoms with Crippen molar-refractivity contribution in [3.63, 3.8) is 0 Å². The van der Waals surface area contributed by atoms with Gasteiger partial charge in [0.25, 0.3) is 0 Å². The second-order valence-corrected chi connectivity index (χ2v) is 6.54. The summed E-state index contributed by atoms with van der Waals surface area (Å²) >= 11 is 1.69. The third-order valence-corrected chi connectivity index (χ3v) is 5.08. The predicted molar refractivity (Wildman–Crippen MR) is 75.9 cm³/mol. The fourth-order valence-corrected chi connectivity index (χ4v) is 3.56. The molecular formula is C14H21N3S. The van der Waals surface area contributed by atoms with E-state index in [1.165, 1.54) is 19.3 Å². The number of imidazole rings is 1. The summed E-state index contributed by atoms with van der Waals surface area (Å²) in [5.41, 5.74) is 1.16. The summed E-state index contributed by atoms with van der Waals surface area (Å²) in [4.78, 5) is 5.70. The van der Waals surface area contributed by atoms with Crippen molar-refractivity contribution in [1.82, 2.24) is 14.7 Å². The summed E-state index contributed by atoms with van der Waals surface area (Å²) in [5, 5.41) is 5.74. The van der Waals surface area contributed by atoms with Crippen LogP contribution in [0.4, 0.5) is 0 Å². The lowest BCUT2D eigenvalue weighted by Crippen LogP contribution is -2.35. The summed E-state index contributed by atoms with van der Waals surface area (Å²) in [6.07, 6.45) is 8.18. The van der Waals surface area contributed by atoms with Gasteiger partial charge in [0.15, 0.2) is 4.96 Å². The highest BCUT2D eigenvalue weighted by atomic mass is 32.1. The lowest BCUT2D eigenvalue weighted by atomic mass is 9.79. The summed E-state index contributed by atoms with van der Waals surface area (Å²) in [7, 11) is 0. The van der Waals surface area contributed by atoms with Gasteiger partial charge in [0.05, 0.1) is 5.69 Å². The third kappa shape index (κ3) is 2.45. The number of hydrogen-bond acceptors (Lipinski definition) is 3. The van der Waals surface area contributed by atoms with Crippen molar-refractivity contribution in [1.29, 1.82) is 0 Å². The van der Waals surface area contributed by atoms with E-state index < -0.39 is 0 Å². The van der Waals surface area contributed by atoms with Gasteiger partial charge in [-0.1, -0.05) is 13.8 Å². The maximum atomic E-state index is 4.61. The van der Waals surface area contributed by atoms with Crippen molar-refractivity contribution in [2.45, 2.75) is 45.7 Å². The Morgan fingerprint density at radius 3 is 3.06 bits per heavy atom. The van der Waals surface area contributed by atoms with Gasteiger partial charge < -0.3 is 5.32 Å². The van der Waals surface area contributed by atoms with Crippen LogP contribution in [0.5, 0.6) is 0 Å². The topological polar surface area (TPSA) is 29.3 Å². The lowest BCUT2D eigenvalue weighted by Gasteiger charge is -2.32. The number of nitrogens with zero attached hydrogens (tertiary/aromatic N) is 2. The van der Waals surface area contributed by atoms with Gasteiger partial charge in [-0.3, -0.25) is 4.40 Å². The number of hydrogen-bond donors (Lipinski definition) is 1. The number of thiazole rings is 1. The van der Waals surface area contributed by atoms with E-state index in [4.69, 9.17) is 0 Å². The Labute approximate surface area is 112 Å². The second kappa shape index (κ2) is 5.02. The minimum absolute atomic E-state index is 0.677. The van der Waals surface area contributed by atoms with Gasteiger partial charge in [0.1, 0.15) is 0 Å². The smallest absolute Gasteiger partial charge is 0.193 e. The second-order valence-electron chi connectivity index (χ2n) is 5.67. The quantitative estimate of drug-likeness (QED) is 0.920. The van der Waals surface area contributed by atoms with Gasteiger partial charge in [0.2, 0.25) is 0 Å². The molecule has 4 heteroatoms. The van der Waals surface area contributed by atoms with Crippen molar-refractivity contribution < 1.29 is 0 Å². The molecule has 0 amide bonds. The van der Waals surface area contributed by atoms with E-state index in [1.807, 2.05) is 0 Å². The molecule has 0 spiro atoms. The molecule has 0 aromatic carbocycles. The van der Waals surface area contributed by atoms with E-state index in [2.05, 4.69) is 46.3 Å². The zero-order valence-electron chi connectivity index (χ0n) is 11.1. The number of rotatable bonds is 3. The van der Waals surface area contributed by atoms with Crippen LogP contribution in [0.2, 0.25) is 0 Å². The highest BCUT2D eigenvalue weighted by Gasteiger charge is 2.24. The molecule has 1 fully saturated rings. The Morgan fingerprint density at radius 1 is 1.39 bits per heavy atom. The van der Waals surface area contributed by atoms with Crippen LogP contribution >= 0.6 is 11.3 Å². The third-order valence-electron chi connectivity index (χ3n) is 4.31. The molecule has 18 heavy (non-hydrogen) atoms. The molecule has 0 radical (unpaired) electrons. The van der Waals surface area contributed by atoms with Crippen molar-refractivity contribution in [2.24, 2.45) is 11.8 Å². The van der Waals surface area contributed by atoms with Gasteiger partial charge in [-0.15, -0.1) is 11.3 Å². The van der Waals surface area contributed by atoms with Crippen LogP contribution in [0.15, 0.2) is 17.8 Å². The molecule has 2 aromatic heterocycles. The molecule has 98 valence electrons. The average molecular weight is 263 g/mol. The molecular weight excluding hydrogens is 242 g/mol. The molecule has 0 bridgehead atoms. The molecule has 3 atom stereocenters. The summed E-state index contributed by atoms with van der Waals surface area (Å²) in [5.74, 6) is 1.74. The fraction of sp³-hybridized carbons (Fsp3) is 0.643. The predicted octanol–water partition coefficient (Wildman–Crippen LogP) is 3.31. The van der Waals surface area contributed by atoms with E-state index in [1.54, 1.807) is 11.3 Å². The van der Waals surface area contributed by atoms with Crippen molar-refractivity contribution in [3.05, 3.63) is 23.5 Å². The molecule has 1 saturated carbocycles. The largest absolute Gasteiger partial charge is 0.308 e. The Morgan fingerprint density at radius 2 is 2.28 bits per heavy atom. The average Bonchev–Trinajstić information content (AvgIpc) is 2.91. The Bertz CT molecular complexity index is 487. The first-order valence-electron chi connectivity index (χ1n) is 6.87. The molecule has 1 aliphatic carbocycles. The maximum absolute atomic E-state index is 4.61.